The summed E-state index contributed by atoms with van der Waals surface area (Å²) in [7, 11) is 0. The number of pyridine rings is 1. The molecule has 2 heterocycles. The van der Waals surface area contributed by atoms with Gasteiger partial charge in [0.15, 0.2) is 5.11 Å². The second-order valence-electron chi connectivity index (χ2n) is 5.61. The highest BCUT2D eigenvalue weighted by atomic mass is 32.1. The zero-order chi connectivity index (χ0) is 15.9. The first-order valence-electron chi connectivity index (χ1n) is 7.94. The van der Waals surface area contributed by atoms with Gasteiger partial charge in [-0.15, -0.1) is 0 Å². The molecule has 2 atom stereocenters. The zero-order valence-electron chi connectivity index (χ0n) is 12.9. The van der Waals surface area contributed by atoms with Gasteiger partial charge in [-0.25, -0.2) is 0 Å². The van der Waals surface area contributed by atoms with Crippen LogP contribution in [0.2, 0.25) is 0 Å². The van der Waals surface area contributed by atoms with Crippen molar-refractivity contribution in [2.24, 2.45) is 0 Å². The number of nitrogens with one attached hydrogen (secondary N) is 2. The standard InChI is InChI=1S/C18H21N3OS/c23-18(20-13-16-7-4-12-22-16)21-17(14-5-2-1-3-6-14)15-8-10-19-11-9-15/h1-3,5-6,8-11,16-17H,4,7,12-13H2,(H2,20,21,23)/t16-,17-/m0/s1. The highest BCUT2D eigenvalue weighted by Crippen LogP contribution is 2.21. The highest BCUT2D eigenvalue weighted by Gasteiger charge is 2.18. The van der Waals surface area contributed by atoms with Crippen LogP contribution in [0.5, 0.6) is 0 Å². The van der Waals surface area contributed by atoms with E-state index in [2.05, 4.69) is 27.8 Å². The van der Waals surface area contributed by atoms with Crippen LogP contribution in [0.3, 0.4) is 0 Å². The summed E-state index contributed by atoms with van der Waals surface area (Å²) in [5, 5.41) is 7.33. The summed E-state index contributed by atoms with van der Waals surface area (Å²) < 4.78 is 5.62. The number of nitrogens with zero attached hydrogens (tertiary/aromatic N) is 1. The van der Waals surface area contributed by atoms with Crippen LogP contribution in [0.4, 0.5) is 0 Å². The molecule has 1 aliphatic rings. The molecule has 0 bridgehead atoms. The maximum atomic E-state index is 5.62. The molecule has 5 heteroatoms. The Kier molecular flexibility index (Phi) is 5.56. The molecule has 0 spiro atoms. The molecule has 0 unspecified atom stereocenters. The van der Waals surface area contributed by atoms with Gasteiger partial charge in [-0.2, -0.15) is 0 Å². The summed E-state index contributed by atoms with van der Waals surface area (Å²) in [5.41, 5.74) is 2.30. The van der Waals surface area contributed by atoms with Crippen LogP contribution < -0.4 is 10.6 Å². The lowest BCUT2D eigenvalue weighted by Crippen LogP contribution is -2.41. The Morgan fingerprint density at radius 1 is 1.17 bits per heavy atom. The van der Waals surface area contributed by atoms with Crippen molar-refractivity contribution in [2.45, 2.75) is 25.0 Å². The Labute approximate surface area is 142 Å². The molecule has 120 valence electrons. The third-order valence-corrected chi connectivity index (χ3v) is 4.22. The molecule has 0 amide bonds. The third-order valence-electron chi connectivity index (χ3n) is 3.96. The molecule has 0 radical (unpaired) electrons. The molecule has 2 N–H and O–H groups in total. The molecule has 4 nitrogen and oxygen atoms in total. The zero-order valence-corrected chi connectivity index (χ0v) is 13.8. The fourth-order valence-electron chi connectivity index (χ4n) is 2.75. The van der Waals surface area contributed by atoms with Gasteiger partial charge in [0.05, 0.1) is 12.1 Å². The first-order valence-corrected chi connectivity index (χ1v) is 8.34. The van der Waals surface area contributed by atoms with Gasteiger partial charge in [-0.05, 0) is 48.3 Å². The minimum Gasteiger partial charge on any atom is -0.376 e. The lowest BCUT2D eigenvalue weighted by Gasteiger charge is -2.22. The fourth-order valence-corrected chi connectivity index (χ4v) is 2.96. The summed E-state index contributed by atoms with van der Waals surface area (Å²) in [5.74, 6) is 0. The number of thiocarbonyl (C=S) groups is 1. The van der Waals surface area contributed by atoms with Crippen LogP contribution >= 0.6 is 12.2 Å². The Hall–Kier alpha value is -1.98. The normalized spacial score (nSPS) is 18.3. The molecule has 1 aromatic carbocycles. The van der Waals surface area contributed by atoms with E-state index >= 15 is 0 Å². The molecule has 1 aromatic heterocycles. The first kappa shape index (κ1) is 15.9. The first-order chi connectivity index (χ1) is 11.3. The lowest BCUT2D eigenvalue weighted by atomic mass is 10.00. The summed E-state index contributed by atoms with van der Waals surface area (Å²) in [6, 6.07) is 14.3. The second-order valence-corrected chi connectivity index (χ2v) is 6.02. The summed E-state index contributed by atoms with van der Waals surface area (Å²) in [4.78, 5) is 4.10. The fraction of sp³-hybridized carbons (Fsp3) is 0.333. The van der Waals surface area contributed by atoms with E-state index in [1.165, 1.54) is 5.56 Å². The van der Waals surface area contributed by atoms with Crippen molar-refractivity contribution < 1.29 is 4.74 Å². The van der Waals surface area contributed by atoms with Crippen LogP contribution in [0.15, 0.2) is 54.9 Å². The molecule has 3 rings (SSSR count). The molecule has 1 saturated heterocycles. The second kappa shape index (κ2) is 8.04. The van der Waals surface area contributed by atoms with Crippen molar-refractivity contribution in [3.05, 3.63) is 66.0 Å². The third kappa shape index (κ3) is 4.50. The molecule has 0 saturated carbocycles. The summed E-state index contributed by atoms with van der Waals surface area (Å²) in [6.45, 7) is 1.61. The maximum absolute atomic E-state index is 5.62. The van der Waals surface area contributed by atoms with Gasteiger partial charge in [0.25, 0.3) is 0 Å². The van der Waals surface area contributed by atoms with Crippen LogP contribution in [0.1, 0.15) is 30.0 Å². The predicted molar refractivity (Wildman–Crippen MR) is 95.2 cm³/mol. The summed E-state index contributed by atoms with van der Waals surface area (Å²) in [6.07, 6.45) is 6.11. The van der Waals surface area contributed by atoms with Crippen LogP contribution in [0, 0.1) is 0 Å². The predicted octanol–water partition coefficient (Wildman–Crippen LogP) is 2.81. The smallest absolute Gasteiger partial charge is 0.167 e. The van der Waals surface area contributed by atoms with Gasteiger partial charge in [0.1, 0.15) is 0 Å². The topological polar surface area (TPSA) is 46.2 Å². The Bertz CT molecular complexity index is 575. The Morgan fingerprint density at radius 3 is 2.61 bits per heavy atom. The van der Waals surface area contributed by atoms with E-state index in [0.717, 1.165) is 31.6 Å². The van der Waals surface area contributed by atoms with Crippen molar-refractivity contribution in [1.82, 2.24) is 15.6 Å². The quantitative estimate of drug-likeness (QED) is 0.827. The Balaban J connectivity index is 1.67. The van der Waals surface area contributed by atoms with Crippen LogP contribution in [-0.4, -0.2) is 29.4 Å². The molecule has 0 aliphatic carbocycles. The van der Waals surface area contributed by atoms with E-state index < -0.39 is 0 Å². The average Bonchev–Trinajstić information content (AvgIpc) is 3.13. The molecular weight excluding hydrogens is 306 g/mol. The van der Waals surface area contributed by atoms with Crippen molar-refractivity contribution in [3.63, 3.8) is 0 Å². The van der Waals surface area contributed by atoms with Gasteiger partial charge in [-0.1, -0.05) is 30.3 Å². The lowest BCUT2D eigenvalue weighted by molar-refractivity contribution is 0.114. The molecule has 2 aromatic rings. The van der Waals surface area contributed by atoms with Crippen molar-refractivity contribution in [1.29, 1.82) is 0 Å². The maximum Gasteiger partial charge on any atom is 0.167 e. The van der Waals surface area contributed by atoms with E-state index in [1.54, 1.807) is 12.4 Å². The Morgan fingerprint density at radius 2 is 1.91 bits per heavy atom. The van der Waals surface area contributed by atoms with E-state index in [4.69, 9.17) is 17.0 Å². The molecular formula is C18H21N3OS. The minimum atomic E-state index is 0.00342. The van der Waals surface area contributed by atoms with Crippen molar-refractivity contribution in [2.75, 3.05) is 13.2 Å². The number of hydrogen-bond acceptors (Lipinski definition) is 3. The number of benzene rings is 1. The van der Waals surface area contributed by atoms with E-state index in [-0.39, 0.29) is 12.1 Å². The largest absolute Gasteiger partial charge is 0.376 e. The van der Waals surface area contributed by atoms with Crippen molar-refractivity contribution in [3.8, 4) is 0 Å². The molecule has 1 fully saturated rings. The van der Waals surface area contributed by atoms with Crippen molar-refractivity contribution >= 4 is 17.3 Å². The van der Waals surface area contributed by atoms with E-state index in [0.29, 0.717) is 5.11 Å². The van der Waals surface area contributed by atoms with E-state index in [9.17, 15) is 0 Å². The SMILES string of the molecule is S=C(NC[C@@H]1CCCO1)N[C@@H](c1ccccc1)c1ccncc1. The van der Waals surface area contributed by atoms with Gasteiger partial charge in [0, 0.05) is 25.5 Å². The number of aromatic nitrogens is 1. The molecule has 23 heavy (non-hydrogen) atoms. The van der Waals surface area contributed by atoms with Gasteiger partial charge < -0.3 is 15.4 Å². The highest BCUT2D eigenvalue weighted by molar-refractivity contribution is 7.80. The van der Waals surface area contributed by atoms with E-state index in [1.807, 2.05) is 30.3 Å². The van der Waals surface area contributed by atoms with Crippen LogP contribution in [0.25, 0.3) is 0 Å². The number of hydrogen-bond donors (Lipinski definition) is 2. The van der Waals surface area contributed by atoms with Gasteiger partial charge in [-0.3, -0.25) is 4.98 Å². The monoisotopic (exact) mass is 327 g/mol. The minimum absolute atomic E-state index is 0.00342. The summed E-state index contributed by atoms with van der Waals surface area (Å²) >= 11 is 5.47. The van der Waals surface area contributed by atoms with Gasteiger partial charge in [0.2, 0.25) is 0 Å². The van der Waals surface area contributed by atoms with Gasteiger partial charge >= 0.3 is 0 Å². The average molecular weight is 327 g/mol. The van der Waals surface area contributed by atoms with Crippen LogP contribution in [-0.2, 0) is 4.74 Å². The number of rotatable bonds is 5. The molecule has 1 aliphatic heterocycles. The number of ether oxygens (including phenoxy) is 1.